The Morgan fingerprint density at radius 2 is 1.90 bits per heavy atom. The second kappa shape index (κ2) is 9.16. The lowest BCUT2D eigenvalue weighted by Crippen LogP contribution is -2.32. The zero-order valence-corrected chi connectivity index (χ0v) is 16.9. The predicted octanol–water partition coefficient (Wildman–Crippen LogP) is 4.41. The Kier molecular flexibility index (Phi) is 6.62. The van der Waals surface area contributed by atoms with Crippen molar-refractivity contribution in [2.75, 3.05) is 6.54 Å². The third kappa shape index (κ3) is 5.19. The van der Waals surface area contributed by atoms with Gasteiger partial charge in [0.2, 0.25) is 5.91 Å². The summed E-state index contributed by atoms with van der Waals surface area (Å²) in [7, 11) is 0. The fourth-order valence-electron chi connectivity index (χ4n) is 3.84. The molecule has 0 unspecified atom stereocenters. The number of benzene rings is 1. The number of carboxylic acid groups (broad SMARTS) is 1. The largest absolute Gasteiger partial charge is 0.478 e. The molecule has 1 fully saturated rings. The van der Waals surface area contributed by atoms with E-state index < -0.39 is 5.97 Å². The van der Waals surface area contributed by atoms with Crippen LogP contribution in [0.1, 0.15) is 66.5 Å². The molecule has 0 bridgehead atoms. The van der Waals surface area contributed by atoms with Crippen LogP contribution in [0.4, 0.5) is 4.39 Å². The van der Waals surface area contributed by atoms with Crippen molar-refractivity contribution in [1.82, 2.24) is 9.88 Å². The van der Waals surface area contributed by atoms with Crippen molar-refractivity contribution in [2.24, 2.45) is 5.92 Å². The summed E-state index contributed by atoms with van der Waals surface area (Å²) in [4.78, 5) is 30.8. The number of nitrogens with zero attached hydrogens (tertiary/aromatic N) is 2. The Hall–Kier alpha value is -2.76. The Balaban J connectivity index is 1.82. The average Bonchev–Trinajstić information content (AvgIpc) is 3.16. The topological polar surface area (TPSA) is 70.5 Å². The summed E-state index contributed by atoms with van der Waals surface area (Å²) >= 11 is 0. The van der Waals surface area contributed by atoms with Crippen molar-refractivity contribution in [3.8, 4) is 0 Å². The first-order valence-corrected chi connectivity index (χ1v) is 10.1. The summed E-state index contributed by atoms with van der Waals surface area (Å²) in [6.07, 6.45) is 3.26. The summed E-state index contributed by atoms with van der Waals surface area (Å²) in [5, 5.41) is 9.54. The van der Waals surface area contributed by atoms with Crippen LogP contribution in [0, 0.1) is 11.7 Å². The number of carbonyl (C=O) groups is 2. The normalized spacial score (nSPS) is 16.4. The van der Waals surface area contributed by atoms with Crippen LogP contribution < -0.4 is 0 Å². The van der Waals surface area contributed by atoms with E-state index in [0.717, 1.165) is 24.1 Å². The van der Waals surface area contributed by atoms with Gasteiger partial charge < -0.3 is 10.0 Å². The van der Waals surface area contributed by atoms with Crippen LogP contribution in [-0.2, 0) is 17.6 Å². The highest BCUT2D eigenvalue weighted by atomic mass is 19.1. The fraction of sp³-hybridized carbons (Fsp3) is 0.435. The molecule has 5 nitrogen and oxygen atoms in total. The molecule has 2 aromatic rings. The molecule has 1 atom stereocenters. The molecule has 3 rings (SSSR count). The van der Waals surface area contributed by atoms with E-state index in [-0.39, 0.29) is 29.2 Å². The van der Waals surface area contributed by atoms with E-state index in [9.17, 15) is 19.1 Å². The number of carbonyl (C=O) groups excluding carboxylic acids is 1. The molecule has 1 N–H and O–H groups in total. The van der Waals surface area contributed by atoms with Gasteiger partial charge in [-0.1, -0.05) is 26.0 Å². The molecule has 1 aromatic carbocycles. The Labute approximate surface area is 170 Å². The molecule has 2 heterocycles. The standard InChI is InChI=1S/C23H27FN2O3/c1-15(2)14-22(27)26-13-3-4-21(26)20-12-10-18(23(28)29)19(25-20)11-7-16-5-8-17(24)9-6-16/h5-6,8-10,12,15,21H,3-4,7,11,13-14H2,1-2H3,(H,28,29)/t21-/m1/s1. The molecule has 154 valence electrons. The highest BCUT2D eigenvalue weighted by Crippen LogP contribution is 2.32. The number of hydrogen-bond acceptors (Lipinski definition) is 3. The van der Waals surface area contributed by atoms with Crippen LogP contribution in [-0.4, -0.2) is 33.4 Å². The molecule has 1 aliphatic rings. The van der Waals surface area contributed by atoms with Gasteiger partial charge in [0.05, 0.1) is 23.0 Å². The molecule has 1 amide bonds. The number of aromatic carboxylic acids is 1. The molecule has 1 aliphatic heterocycles. The van der Waals surface area contributed by atoms with Crippen LogP contribution in [0.2, 0.25) is 0 Å². The van der Waals surface area contributed by atoms with Gasteiger partial charge in [0.1, 0.15) is 5.82 Å². The van der Waals surface area contributed by atoms with Crippen LogP contribution in [0.5, 0.6) is 0 Å². The molecule has 1 saturated heterocycles. The third-order valence-corrected chi connectivity index (χ3v) is 5.29. The van der Waals surface area contributed by atoms with Gasteiger partial charge in [0.25, 0.3) is 0 Å². The molecular formula is C23H27FN2O3. The zero-order valence-electron chi connectivity index (χ0n) is 16.9. The van der Waals surface area contributed by atoms with E-state index in [2.05, 4.69) is 4.98 Å². The first kappa shape index (κ1) is 21.0. The molecule has 29 heavy (non-hydrogen) atoms. The van der Waals surface area contributed by atoms with Gasteiger partial charge in [0, 0.05) is 13.0 Å². The first-order valence-electron chi connectivity index (χ1n) is 10.1. The lowest BCUT2D eigenvalue weighted by Gasteiger charge is -2.25. The number of aryl methyl sites for hydroxylation is 2. The monoisotopic (exact) mass is 398 g/mol. The van der Waals surface area contributed by atoms with Crippen LogP contribution in [0.15, 0.2) is 36.4 Å². The molecular weight excluding hydrogens is 371 g/mol. The van der Waals surface area contributed by atoms with E-state index in [4.69, 9.17) is 0 Å². The van der Waals surface area contributed by atoms with Crippen molar-refractivity contribution in [1.29, 1.82) is 0 Å². The Morgan fingerprint density at radius 3 is 2.55 bits per heavy atom. The van der Waals surface area contributed by atoms with E-state index in [0.29, 0.717) is 31.5 Å². The number of likely N-dealkylation sites (tertiary alicyclic amines) is 1. The summed E-state index contributed by atoms with van der Waals surface area (Å²) < 4.78 is 13.1. The predicted molar refractivity (Wildman–Crippen MR) is 108 cm³/mol. The number of hydrogen-bond donors (Lipinski definition) is 1. The highest BCUT2D eigenvalue weighted by Gasteiger charge is 2.31. The number of amides is 1. The third-order valence-electron chi connectivity index (χ3n) is 5.29. The van der Waals surface area contributed by atoms with Gasteiger partial charge in [-0.3, -0.25) is 9.78 Å². The lowest BCUT2D eigenvalue weighted by molar-refractivity contribution is -0.133. The highest BCUT2D eigenvalue weighted by molar-refractivity contribution is 5.88. The molecule has 0 spiro atoms. The maximum Gasteiger partial charge on any atom is 0.337 e. The molecule has 0 aliphatic carbocycles. The molecule has 0 radical (unpaired) electrons. The number of pyridine rings is 1. The average molecular weight is 398 g/mol. The van der Waals surface area contributed by atoms with Crippen LogP contribution >= 0.6 is 0 Å². The summed E-state index contributed by atoms with van der Waals surface area (Å²) in [5.41, 5.74) is 2.35. The first-order chi connectivity index (χ1) is 13.8. The second-order valence-electron chi connectivity index (χ2n) is 8.01. The summed E-state index contributed by atoms with van der Waals surface area (Å²) in [5.74, 6) is -0.901. The minimum atomic E-state index is -1.02. The summed E-state index contributed by atoms with van der Waals surface area (Å²) in [6, 6.07) is 9.41. The minimum Gasteiger partial charge on any atom is -0.478 e. The van der Waals surface area contributed by atoms with Gasteiger partial charge >= 0.3 is 5.97 Å². The van der Waals surface area contributed by atoms with E-state index in [1.165, 1.54) is 12.1 Å². The van der Waals surface area contributed by atoms with Gasteiger partial charge in [-0.05, 0) is 61.4 Å². The molecule has 6 heteroatoms. The Morgan fingerprint density at radius 1 is 1.17 bits per heavy atom. The number of halogens is 1. The maximum atomic E-state index is 13.1. The zero-order chi connectivity index (χ0) is 21.0. The molecule has 1 aromatic heterocycles. The fourth-order valence-corrected chi connectivity index (χ4v) is 3.84. The van der Waals surface area contributed by atoms with Crippen LogP contribution in [0.25, 0.3) is 0 Å². The SMILES string of the molecule is CC(C)CC(=O)N1CCC[C@@H]1c1ccc(C(=O)O)c(CCc2ccc(F)cc2)n1. The minimum absolute atomic E-state index is 0.103. The number of rotatable bonds is 7. The lowest BCUT2D eigenvalue weighted by atomic mass is 10.0. The maximum absolute atomic E-state index is 13.1. The van der Waals surface area contributed by atoms with Crippen LogP contribution in [0.3, 0.4) is 0 Å². The van der Waals surface area contributed by atoms with Crippen molar-refractivity contribution in [3.05, 3.63) is 64.7 Å². The van der Waals surface area contributed by atoms with Gasteiger partial charge in [-0.2, -0.15) is 0 Å². The van der Waals surface area contributed by atoms with E-state index in [1.54, 1.807) is 24.3 Å². The van der Waals surface area contributed by atoms with Crippen molar-refractivity contribution in [3.63, 3.8) is 0 Å². The van der Waals surface area contributed by atoms with Crippen molar-refractivity contribution < 1.29 is 19.1 Å². The van der Waals surface area contributed by atoms with E-state index >= 15 is 0 Å². The van der Waals surface area contributed by atoms with E-state index in [1.807, 2.05) is 18.7 Å². The summed E-state index contributed by atoms with van der Waals surface area (Å²) in [6.45, 7) is 4.76. The Bertz CT molecular complexity index is 880. The van der Waals surface area contributed by atoms with Gasteiger partial charge in [-0.25, -0.2) is 9.18 Å². The molecule has 0 saturated carbocycles. The van der Waals surface area contributed by atoms with Crippen molar-refractivity contribution >= 4 is 11.9 Å². The smallest absolute Gasteiger partial charge is 0.337 e. The van der Waals surface area contributed by atoms with Crippen molar-refractivity contribution in [2.45, 2.75) is 52.0 Å². The second-order valence-corrected chi connectivity index (χ2v) is 8.01. The van der Waals surface area contributed by atoms with Gasteiger partial charge in [0.15, 0.2) is 0 Å². The number of carboxylic acids is 1. The number of aromatic nitrogens is 1. The quantitative estimate of drug-likeness (QED) is 0.750. The van der Waals surface area contributed by atoms with Gasteiger partial charge in [-0.15, -0.1) is 0 Å².